The number of nitrogens with one attached hydrogen (secondary N) is 2. The van der Waals surface area contributed by atoms with Gasteiger partial charge < -0.3 is 10.6 Å². The third kappa shape index (κ3) is 4.57. The summed E-state index contributed by atoms with van der Waals surface area (Å²) in [7, 11) is 0. The molecule has 0 saturated carbocycles. The van der Waals surface area contributed by atoms with Crippen molar-refractivity contribution in [2.45, 2.75) is 0 Å². The summed E-state index contributed by atoms with van der Waals surface area (Å²) in [4.78, 5) is 38.4. The van der Waals surface area contributed by atoms with Gasteiger partial charge in [0.15, 0.2) is 0 Å². The van der Waals surface area contributed by atoms with Crippen molar-refractivity contribution in [3.8, 4) is 0 Å². The zero-order chi connectivity index (χ0) is 23.7. The fourth-order valence-corrected chi connectivity index (χ4v) is 3.60. The van der Waals surface area contributed by atoms with Gasteiger partial charge in [-0.15, -0.1) is 0 Å². The van der Waals surface area contributed by atoms with Gasteiger partial charge in [0.25, 0.3) is 17.7 Å². The Kier molecular flexibility index (Phi) is 6.37. The van der Waals surface area contributed by atoms with E-state index in [0.29, 0.717) is 31.9 Å². The number of carbonyl (C=O) groups is 3. The molecule has 3 aromatic rings. The molecule has 1 heterocycles. The summed E-state index contributed by atoms with van der Waals surface area (Å²) in [5, 5.41) is 5.76. The van der Waals surface area contributed by atoms with E-state index in [1.54, 1.807) is 12.1 Å². The van der Waals surface area contributed by atoms with Crippen LogP contribution >= 0.6 is 34.8 Å². The third-order valence-corrected chi connectivity index (χ3v) is 5.80. The first-order chi connectivity index (χ1) is 15.8. The van der Waals surface area contributed by atoms with Gasteiger partial charge in [0, 0.05) is 16.9 Å². The lowest BCUT2D eigenvalue weighted by atomic mass is 10.2. The molecule has 166 valence electrons. The predicted molar refractivity (Wildman–Crippen MR) is 126 cm³/mol. The van der Waals surface area contributed by atoms with Crippen LogP contribution in [0.5, 0.6) is 0 Å². The molecule has 0 bridgehead atoms. The van der Waals surface area contributed by atoms with Gasteiger partial charge in [-0.2, -0.15) is 0 Å². The molecular formula is C23H13Cl3FN3O3. The second-order valence-corrected chi connectivity index (χ2v) is 8.06. The fraction of sp³-hybridized carbons (Fsp3) is 0. The zero-order valence-electron chi connectivity index (χ0n) is 16.5. The molecule has 0 atom stereocenters. The van der Waals surface area contributed by atoms with Crippen molar-refractivity contribution in [3.05, 3.63) is 98.9 Å². The minimum Gasteiger partial charge on any atom is -0.350 e. The minimum absolute atomic E-state index is 0.196. The maximum absolute atomic E-state index is 14.1. The quantitative estimate of drug-likeness (QED) is 0.429. The molecule has 3 amide bonds. The molecule has 6 nitrogen and oxygen atoms in total. The highest BCUT2D eigenvalue weighted by Crippen LogP contribution is 2.31. The van der Waals surface area contributed by atoms with Crippen molar-refractivity contribution in [3.63, 3.8) is 0 Å². The maximum atomic E-state index is 14.1. The topological polar surface area (TPSA) is 78.5 Å². The van der Waals surface area contributed by atoms with Gasteiger partial charge in [-0.25, -0.2) is 9.29 Å². The van der Waals surface area contributed by atoms with Crippen LogP contribution in [0.1, 0.15) is 10.4 Å². The van der Waals surface area contributed by atoms with Crippen LogP contribution in [0, 0.1) is 5.82 Å². The number of anilines is 3. The number of halogens is 4. The zero-order valence-corrected chi connectivity index (χ0v) is 18.8. The van der Waals surface area contributed by atoms with Gasteiger partial charge in [0.2, 0.25) is 0 Å². The maximum Gasteiger partial charge on any atom is 0.283 e. The highest BCUT2D eigenvalue weighted by molar-refractivity contribution is 6.53. The summed E-state index contributed by atoms with van der Waals surface area (Å²) in [6.07, 6.45) is 0. The Morgan fingerprint density at radius 3 is 2.15 bits per heavy atom. The molecule has 0 aliphatic carbocycles. The number of hydrogen-bond acceptors (Lipinski definition) is 4. The predicted octanol–water partition coefficient (Wildman–Crippen LogP) is 5.82. The van der Waals surface area contributed by atoms with E-state index in [9.17, 15) is 18.8 Å². The number of nitrogens with zero attached hydrogens (tertiary/aromatic N) is 1. The Hall–Kier alpha value is -3.39. The number of imide groups is 1. The van der Waals surface area contributed by atoms with E-state index in [-0.39, 0.29) is 16.4 Å². The smallest absolute Gasteiger partial charge is 0.283 e. The lowest BCUT2D eigenvalue weighted by molar-refractivity contribution is -0.120. The normalized spacial score (nSPS) is 13.5. The molecule has 33 heavy (non-hydrogen) atoms. The molecule has 0 aromatic heterocycles. The number of para-hydroxylation sites is 1. The summed E-state index contributed by atoms with van der Waals surface area (Å²) in [5.41, 5.74) is 0.797. The van der Waals surface area contributed by atoms with Gasteiger partial charge in [0.1, 0.15) is 16.5 Å². The lowest BCUT2D eigenvalue weighted by Gasteiger charge is -2.15. The van der Waals surface area contributed by atoms with Crippen LogP contribution in [0.3, 0.4) is 0 Å². The summed E-state index contributed by atoms with van der Waals surface area (Å²) in [5.74, 6) is -2.76. The monoisotopic (exact) mass is 503 g/mol. The van der Waals surface area contributed by atoms with E-state index in [1.807, 2.05) is 0 Å². The Morgan fingerprint density at radius 2 is 1.48 bits per heavy atom. The van der Waals surface area contributed by atoms with Crippen molar-refractivity contribution >= 4 is 69.6 Å². The fourth-order valence-electron chi connectivity index (χ4n) is 3.09. The molecular weight excluding hydrogens is 492 g/mol. The van der Waals surface area contributed by atoms with Gasteiger partial charge in [-0.05, 0) is 54.6 Å². The van der Waals surface area contributed by atoms with E-state index in [0.717, 1.165) is 6.07 Å². The summed E-state index contributed by atoms with van der Waals surface area (Å²) in [6, 6.07) is 16.2. The van der Waals surface area contributed by atoms with E-state index < -0.39 is 23.5 Å². The molecule has 10 heteroatoms. The van der Waals surface area contributed by atoms with Crippen LogP contribution in [0.4, 0.5) is 21.5 Å². The third-order valence-electron chi connectivity index (χ3n) is 4.71. The Balaban J connectivity index is 1.49. The second-order valence-electron chi connectivity index (χ2n) is 6.87. The minimum atomic E-state index is -0.841. The highest BCUT2D eigenvalue weighted by atomic mass is 35.5. The largest absolute Gasteiger partial charge is 0.350 e. The molecule has 1 aliphatic heterocycles. The number of amides is 3. The van der Waals surface area contributed by atoms with Crippen LogP contribution in [0.2, 0.25) is 10.0 Å². The Bertz CT molecular complexity index is 1330. The average Bonchev–Trinajstić information content (AvgIpc) is 3.00. The van der Waals surface area contributed by atoms with Crippen LogP contribution < -0.4 is 15.5 Å². The SMILES string of the molecule is O=C(Nc1ccc(Cl)c(Cl)c1)c1ccc(NC2=C(Cl)C(=O)N(c3ccccc3F)C2=O)cc1. The van der Waals surface area contributed by atoms with E-state index in [2.05, 4.69) is 10.6 Å². The van der Waals surface area contributed by atoms with Crippen molar-refractivity contribution in [2.75, 3.05) is 15.5 Å². The van der Waals surface area contributed by atoms with Crippen LogP contribution in [-0.2, 0) is 9.59 Å². The molecule has 0 saturated heterocycles. The Labute approximate surface area is 202 Å². The van der Waals surface area contributed by atoms with E-state index >= 15 is 0 Å². The summed E-state index contributed by atoms with van der Waals surface area (Å²) < 4.78 is 14.1. The number of rotatable bonds is 5. The average molecular weight is 505 g/mol. The lowest BCUT2D eigenvalue weighted by Crippen LogP contribution is -2.33. The number of hydrogen-bond donors (Lipinski definition) is 2. The van der Waals surface area contributed by atoms with Gasteiger partial charge in [0.05, 0.1) is 15.7 Å². The van der Waals surface area contributed by atoms with Crippen LogP contribution in [0.25, 0.3) is 0 Å². The molecule has 0 spiro atoms. The van der Waals surface area contributed by atoms with Gasteiger partial charge >= 0.3 is 0 Å². The van der Waals surface area contributed by atoms with Crippen molar-refractivity contribution in [1.82, 2.24) is 0 Å². The van der Waals surface area contributed by atoms with Gasteiger partial charge in [-0.3, -0.25) is 14.4 Å². The first kappa shape index (κ1) is 22.8. The molecule has 2 N–H and O–H groups in total. The number of benzene rings is 3. The molecule has 0 unspecified atom stereocenters. The Morgan fingerprint density at radius 1 is 0.818 bits per heavy atom. The highest BCUT2D eigenvalue weighted by Gasteiger charge is 2.40. The van der Waals surface area contributed by atoms with Crippen molar-refractivity contribution in [2.24, 2.45) is 0 Å². The molecule has 1 aliphatic rings. The first-order valence-electron chi connectivity index (χ1n) is 9.43. The van der Waals surface area contributed by atoms with E-state index in [1.165, 1.54) is 48.5 Å². The van der Waals surface area contributed by atoms with Crippen molar-refractivity contribution in [1.29, 1.82) is 0 Å². The second kappa shape index (κ2) is 9.23. The molecule has 3 aromatic carbocycles. The molecule has 4 rings (SSSR count). The van der Waals surface area contributed by atoms with Gasteiger partial charge in [-0.1, -0.05) is 46.9 Å². The molecule has 0 radical (unpaired) electrons. The van der Waals surface area contributed by atoms with Crippen LogP contribution in [-0.4, -0.2) is 17.7 Å². The molecule has 0 fully saturated rings. The first-order valence-corrected chi connectivity index (χ1v) is 10.6. The summed E-state index contributed by atoms with van der Waals surface area (Å²) in [6.45, 7) is 0. The standard InChI is InChI=1S/C23H13Cl3FN3O3/c24-15-10-9-14(11-16(15)25)29-21(31)12-5-7-13(8-6-12)28-20-19(26)22(32)30(23(20)33)18-4-2-1-3-17(18)27/h1-11,28H,(H,29,31). The summed E-state index contributed by atoms with van der Waals surface area (Å²) >= 11 is 17.9. The van der Waals surface area contributed by atoms with Crippen molar-refractivity contribution < 1.29 is 18.8 Å². The van der Waals surface area contributed by atoms with E-state index in [4.69, 9.17) is 34.8 Å². The number of carbonyl (C=O) groups excluding carboxylic acids is 3. The van der Waals surface area contributed by atoms with Crippen LogP contribution in [0.15, 0.2) is 77.5 Å².